The Kier molecular flexibility index (Phi) is 8.53. The van der Waals surface area contributed by atoms with Crippen LogP contribution in [0.2, 0.25) is 0 Å². The number of benzene rings is 1. The number of thioether (sulfide) groups is 1. The van der Waals surface area contributed by atoms with Crippen LogP contribution in [0.25, 0.3) is 0 Å². The number of nitrogens with one attached hydrogen (secondary N) is 2. The Morgan fingerprint density at radius 1 is 1.23 bits per heavy atom. The van der Waals surface area contributed by atoms with E-state index in [4.69, 9.17) is 10.4 Å². The quantitative estimate of drug-likeness (QED) is 0.603. The van der Waals surface area contributed by atoms with Crippen molar-refractivity contribution in [1.29, 1.82) is 5.26 Å². The highest BCUT2D eigenvalue weighted by Crippen LogP contribution is 2.15. The molecule has 0 radical (unpaired) electrons. The SMILES string of the molecule is N#Cc1ccccc1CSCCNC(=O)NCCCC(=O)O. The van der Waals surface area contributed by atoms with E-state index in [0.717, 1.165) is 17.1 Å². The Labute approximate surface area is 133 Å². The molecule has 0 bridgehead atoms. The van der Waals surface area contributed by atoms with Gasteiger partial charge in [-0.3, -0.25) is 4.79 Å². The Morgan fingerprint density at radius 2 is 1.95 bits per heavy atom. The van der Waals surface area contributed by atoms with Crippen LogP contribution in [0.15, 0.2) is 24.3 Å². The average molecular weight is 321 g/mol. The smallest absolute Gasteiger partial charge is 0.314 e. The molecule has 0 aliphatic rings. The first-order chi connectivity index (χ1) is 10.6. The number of carboxylic acids is 1. The lowest BCUT2D eigenvalue weighted by Gasteiger charge is -2.07. The van der Waals surface area contributed by atoms with Gasteiger partial charge in [-0.15, -0.1) is 0 Å². The Bertz CT molecular complexity index is 543. The van der Waals surface area contributed by atoms with Crippen molar-refractivity contribution >= 4 is 23.8 Å². The van der Waals surface area contributed by atoms with Gasteiger partial charge < -0.3 is 15.7 Å². The molecule has 22 heavy (non-hydrogen) atoms. The lowest BCUT2D eigenvalue weighted by atomic mass is 10.1. The van der Waals surface area contributed by atoms with Crippen molar-refractivity contribution in [2.24, 2.45) is 0 Å². The van der Waals surface area contributed by atoms with E-state index >= 15 is 0 Å². The van der Waals surface area contributed by atoms with Crippen molar-refractivity contribution < 1.29 is 14.7 Å². The van der Waals surface area contributed by atoms with E-state index in [0.29, 0.717) is 25.1 Å². The van der Waals surface area contributed by atoms with Crippen LogP contribution in [-0.4, -0.2) is 35.9 Å². The topological polar surface area (TPSA) is 102 Å². The van der Waals surface area contributed by atoms with E-state index in [-0.39, 0.29) is 12.5 Å². The minimum Gasteiger partial charge on any atom is -0.481 e. The van der Waals surface area contributed by atoms with Crippen LogP contribution in [0.1, 0.15) is 24.0 Å². The molecule has 7 heteroatoms. The molecule has 0 atom stereocenters. The fourth-order valence-electron chi connectivity index (χ4n) is 1.68. The molecule has 6 nitrogen and oxygen atoms in total. The number of carboxylic acid groups (broad SMARTS) is 1. The van der Waals surface area contributed by atoms with Gasteiger partial charge in [0.25, 0.3) is 0 Å². The number of hydrogen-bond donors (Lipinski definition) is 3. The van der Waals surface area contributed by atoms with Gasteiger partial charge in [0.05, 0.1) is 11.6 Å². The highest BCUT2D eigenvalue weighted by molar-refractivity contribution is 7.98. The summed E-state index contributed by atoms with van der Waals surface area (Å²) in [7, 11) is 0. The maximum atomic E-state index is 11.4. The monoisotopic (exact) mass is 321 g/mol. The second-order valence-electron chi connectivity index (χ2n) is 4.50. The fourth-order valence-corrected chi connectivity index (χ4v) is 2.54. The number of carbonyl (C=O) groups excluding carboxylic acids is 1. The Balaban J connectivity index is 2.09. The summed E-state index contributed by atoms with van der Waals surface area (Å²) in [5.74, 6) is 0.602. The van der Waals surface area contributed by atoms with E-state index in [1.807, 2.05) is 18.2 Å². The van der Waals surface area contributed by atoms with Crippen molar-refractivity contribution in [2.45, 2.75) is 18.6 Å². The van der Waals surface area contributed by atoms with E-state index in [1.165, 1.54) is 0 Å². The van der Waals surface area contributed by atoms with Gasteiger partial charge in [-0.25, -0.2) is 4.79 Å². The standard InChI is InChI=1S/C15H19N3O3S/c16-10-12-4-1-2-5-13(12)11-22-9-8-18-15(21)17-7-3-6-14(19)20/h1-2,4-5H,3,6-9,11H2,(H,19,20)(H2,17,18,21). The van der Waals surface area contributed by atoms with E-state index in [2.05, 4.69) is 16.7 Å². The van der Waals surface area contributed by atoms with E-state index in [9.17, 15) is 9.59 Å². The number of hydrogen-bond acceptors (Lipinski definition) is 4. The number of urea groups is 1. The van der Waals surface area contributed by atoms with Crippen molar-refractivity contribution in [1.82, 2.24) is 10.6 Å². The first-order valence-electron chi connectivity index (χ1n) is 6.92. The molecule has 1 aromatic rings. The van der Waals surface area contributed by atoms with Crippen molar-refractivity contribution in [2.75, 3.05) is 18.8 Å². The number of nitriles is 1. The van der Waals surface area contributed by atoms with Crippen LogP contribution in [0.5, 0.6) is 0 Å². The molecular formula is C15H19N3O3S. The van der Waals surface area contributed by atoms with Gasteiger partial charge in [0.1, 0.15) is 0 Å². The number of nitrogens with zero attached hydrogens (tertiary/aromatic N) is 1. The summed E-state index contributed by atoms with van der Waals surface area (Å²) in [5.41, 5.74) is 1.67. The fraction of sp³-hybridized carbons (Fsp3) is 0.400. The van der Waals surface area contributed by atoms with Gasteiger partial charge in [-0.05, 0) is 18.1 Å². The maximum Gasteiger partial charge on any atom is 0.314 e. The van der Waals surface area contributed by atoms with Gasteiger partial charge in [0, 0.05) is 31.0 Å². The zero-order valence-electron chi connectivity index (χ0n) is 12.2. The number of aliphatic carboxylic acids is 1. The molecule has 0 aliphatic heterocycles. The third-order valence-electron chi connectivity index (χ3n) is 2.78. The molecule has 0 unspecified atom stereocenters. The highest BCUT2D eigenvalue weighted by Gasteiger charge is 2.02. The molecular weight excluding hydrogens is 302 g/mol. The lowest BCUT2D eigenvalue weighted by molar-refractivity contribution is -0.137. The van der Waals surface area contributed by atoms with Gasteiger partial charge in [0.2, 0.25) is 0 Å². The lowest BCUT2D eigenvalue weighted by Crippen LogP contribution is -2.37. The highest BCUT2D eigenvalue weighted by atomic mass is 32.2. The summed E-state index contributed by atoms with van der Waals surface area (Å²) in [6.45, 7) is 0.866. The van der Waals surface area contributed by atoms with Gasteiger partial charge in [-0.2, -0.15) is 17.0 Å². The normalized spacial score (nSPS) is 9.77. The molecule has 1 rings (SSSR count). The molecule has 0 saturated heterocycles. The molecule has 0 aliphatic carbocycles. The minimum atomic E-state index is -0.865. The van der Waals surface area contributed by atoms with Gasteiger partial charge in [0.15, 0.2) is 0 Å². The summed E-state index contributed by atoms with van der Waals surface area (Å²) in [4.78, 5) is 21.7. The second kappa shape index (κ2) is 10.5. The van der Waals surface area contributed by atoms with Crippen LogP contribution in [0.3, 0.4) is 0 Å². The third kappa shape index (κ3) is 7.55. The summed E-state index contributed by atoms with van der Waals surface area (Å²) in [6, 6.07) is 9.32. The Hall–Kier alpha value is -2.20. The summed E-state index contributed by atoms with van der Waals surface area (Å²) in [5, 5.41) is 22.7. The number of carbonyl (C=O) groups is 2. The molecule has 0 heterocycles. The second-order valence-corrected chi connectivity index (χ2v) is 5.61. The predicted molar refractivity (Wildman–Crippen MR) is 85.6 cm³/mol. The molecule has 3 N–H and O–H groups in total. The first-order valence-corrected chi connectivity index (χ1v) is 8.08. The molecule has 0 aromatic heterocycles. The van der Waals surface area contributed by atoms with Crippen LogP contribution in [0.4, 0.5) is 4.79 Å². The molecule has 0 saturated carbocycles. The molecule has 2 amide bonds. The molecule has 1 aromatic carbocycles. The van der Waals surface area contributed by atoms with Gasteiger partial charge in [-0.1, -0.05) is 18.2 Å². The predicted octanol–water partition coefficient (Wildman–Crippen LogP) is 1.96. The van der Waals surface area contributed by atoms with Crippen molar-refractivity contribution in [3.63, 3.8) is 0 Å². The van der Waals surface area contributed by atoms with Crippen LogP contribution >= 0.6 is 11.8 Å². The van der Waals surface area contributed by atoms with E-state index < -0.39 is 5.97 Å². The van der Waals surface area contributed by atoms with Crippen molar-refractivity contribution in [3.05, 3.63) is 35.4 Å². The third-order valence-corrected chi connectivity index (χ3v) is 3.79. The zero-order valence-corrected chi connectivity index (χ0v) is 13.0. The summed E-state index contributed by atoms with van der Waals surface area (Å²) in [6.07, 6.45) is 0.469. The molecule has 0 fully saturated rings. The summed E-state index contributed by atoms with van der Waals surface area (Å²) >= 11 is 1.64. The average Bonchev–Trinajstić information content (AvgIpc) is 2.51. The number of rotatable bonds is 9. The first kappa shape index (κ1) is 17.9. The zero-order chi connectivity index (χ0) is 16.2. The van der Waals surface area contributed by atoms with Crippen LogP contribution in [0, 0.1) is 11.3 Å². The van der Waals surface area contributed by atoms with E-state index in [1.54, 1.807) is 17.8 Å². The Morgan fingerprint density at radius 3 is 2.68 bits per heavy atom. The van der Waals surface area contributed by atoms with Crippen molar-refractivity contribution in [3.8, 4) is 6.07 Å². The van der Waals surface area contributed by atoms with Gasteiger partial charge >= 0.3 is 12.0 Å². The molecule has 118 valence electrons. The largest absolute Gasteiger partial charge is 0.481 e. The maximum absolute atomic E-state index is 11.4. The van der Waals surface area contributed by atoms with Crippen LogP contribution < -0.4 is 10.6 Å². The van der Waals surface area contributed by atoms with Crippen LogP contribution in [-0.2, 0) is 10.5 Å². The number of amides is 2. The summed E-state index contributed by atoms with van der Waals surface area (Å²) < 4.78 is 0. The molecule has 0 spiro atoms. The minimum absolute atomic E-state index is 0.0500.